The molecule has 10 heteroatoms. The summed E-state index contributed by atoms with van der Waals surface area (Å²) in [4.78, 5) is 27.7. The fourth-order valence-corrected chi connectivity index (χ4v) is 6.48. The predicted octanol–water partition coefficient (Wildman–Crippen LogP) is 3.40. The van der Waals surface area contributed by atoms with Crippen LogP contribution in [0, 0.1) is 0 Å². The van der Waals surface area contributed by atoms with Crippen LogP contribution >= 0.6 is 15.9 Å². The maximum absolute atomic E-state index is 12.7. The molecule has 1 saturated heterocycles. The van der Waals surface area contributed by atoms with Crippen molar-refractivity contribution in [1.82, 2.24) is 10.2 Å². The van der Waals surface area contributed by atoms with Gasteiger partial charge in [0, 0.05) is 23.1 Å². The van der Waals surface area contributed by atoms with E-state index < -0.39 is 21.8 Å². The molecule has 2 heterocycles. The van der Waals surface area contributed by atoms with Gasteiger partial charge in [0.15, 0.2) is 9.84 Å². The summed E-state index contributed by atoms with van der Waals surface area (Å²) in [5.74, 6) is -1.12. The molecule has 2 aliphatic rings. The molecule has 0 saturated carbocycles. The number of halogens is 1. The van der Waals surface area contributed by atoms with Gasteiger partial charge in [0.2, 0.25) is 5.91 Å². The molecule has 188 valence electrons. The Kier molecular flexibility index (Phi) is 8.46. The van der Waals surface area contributed by atoms with Crippen molar-refractivity contribution in [2.24, 2.45) is 0 Å². The molecule has 2 amide bonds. The van der Waals surface area contributed by atoms with E-state index in [1.807, 2.05) is 6.07 Å². The van der Waals surface area contributed by atoms with Gasteiger partial charge in [-0.15, -0.1) is 0 Å². The monoisotopic (exact) mass is 562 g/mol. The molecule has 4 rings (SSSR count). The van der Waals surface area contributed by atoms with E-state index in [1.165, 1.54) is 25.7 Å². The number of carbonyl (C=O) groups excluding carboxylic acids is 2. The van der Waals surface area contributed by atoms with E-state index >= 15 is 0 Å². The molecule has 2 aromatic carbocycles. The lowest BCUT2D eigenvalue weighted by atomic mass is 10.1. The molecule has 3 N–H and O–H groups in total. The molecule has 2 aromatic rings. The van der Waals surface area contributed by atoms with Gasteiger partial charge in [-0.3, -0.25) is 9.59 Å². The highest BCUT2D eigenvalue weighted by Gasteiger charge is 2.30. The number of anilines is 2. The second kappa shape index (κ2) is 11.5. The first-order valence-electron chi connectivity index (χ1n) is 12.0. The predicted molar refractivity (Wildman–Crippen MR) is 141 cm³/mol. The molecular weight excluding hydrogens is 532 g/mol. The lowest BCUT2D eigenvalue weighted by Crippen LogP contribution is -2.43. The number of amides is 2. The molecule has 8 nitrogen and oxygen atoms in total. The molecule has 2 aliphatic heterocycles. The fourth-order valence-electron chi connectivity index (χ4n) is 4.49. The van der Waals surface area contributed by atoms with Gasteiger partial charge in [-0.25, -0.2) is 8.42 Å². The summed E-state index contributed by atoms with van der Waals surface area (Å²) in [7, 11) is -3.54. The number of benzene rings is 2. The SMILES string of the molecule is O=C(NCCN1CCCCCC1)c1ccc2c(c1)NC(=O)[C@@H](CS(=O)(=O)Cc1cccc(Br)c1)N2. The zero-order chi connectivity index (χ0) is 24.8. The van der Waals surface area contributed by atoms with E-state index in [1.54, 1.807) is 36.4 Å². The summed E-state index contributed by atoms with van der Waals surface area (Å²) >= 11 is 3.34. The largest absolute Gasteiger partial charge is 0.371 e. The maximum Gasteiger partial charge on any atom is 0.251 e. The van der Waals surface area contributed by atoms with Crippen LogP contribution in [0.3, 0.4) is 0 Å². The standard InChI is InChI=1S/C25H31BrN4O4S/c26-20-7-5-6-18(14-20)16-35(33,34)17-23-25(32)29-22-15-19(8-9-21(22)28-23)24(31)27-10-13-30-11-3-1-2-4-12-30/h5-9,14-15,23,28H,1-4,10-13,16-17H2,(H,27,31)(H,29,32)/t23-/m1/s1. The normalized spacial score (nSPS) is 18.7. The van der Waals surface area contributed by atoms with Gasteiger partial charge < -0.3 is 20.9 Å². The fraction of sp³-hybridized carbons (Fsp3) is 0.440. The topological polar surface area (TPSA) is 108 Å². The van der Waals surface area contributed by atoms with Crippen LogP contribution < -0.4 is 16.0 Å². The second-order valence-electron chi connectivity index (χ2n) is 9.14. The Morgan fingerprint density at radius 2 is 1.83 bits per heavy atom. The van der Waals surface area contributed by atoms with Crippen molar-refractivity contribution in [2.45, 2.75) is 37.5 Å². The quantitative estimate of drug-likeness (QED) is 0.455. The molecule has 0 unspecified atom stereocenters. The van der Waals surface area contributed by atoms with Crippen molar-refractivity contribution < 1.29 is 18.0 Å². The van der Waals surface area contributed by atoms with Crippen LogP contribution in [0.15, 0.2) is 46.9 Å². The number of likely N-dealkylation sites (tertiary alicyclic amines) is 1. The average molecular weight is 564 g/mol. The van der Waals surface area contributed by atoms with Gasteiger partial charge in [-0.1, -0.05) is 40.9 Å². The van der Waals surface area contributed by atoms with Crippen LogP contribution in [-0.2, 0) is 20.4 Å². The minimum Gasteiger partial charge on any atom is -0.371 e. The Balaban J connectivity index is 1.33. The third-order valence-corrected chi connectivity index (χ3v) is 8.40. The van der Waals surface area contributed by atoms with Crippen LogP contribution in [0.25, 0.3) is 0 Å². The van der Waals surface area contributed by atoms with Crippen LogP contribution in [0.2, 0.25) is 0 Å². The number of nitrogens with one attached hydrogen (secondary N) is 3. The van der Waals surface area contributed by atoms with E-state index in [0.29, 0.717) is 29.0 Å². The van der Waals surface area contributed by atoms with E-state index in [0.717, 1.165) is 24.1 Å². The smallest absolute Gasteiger partial charge is 0.251 e. The Hall–Kier alpha value is -2.43. The summed E-state index contributed by atoms with van der Waals surface area (Å²) in [6.45, 7) is 3.54. The highest BCUT2D eigenvalue weighted by atomic mass is 79.9. The van der Waals surface area contributed by atoms with Crippen molar-refractivity contribution in [2.75, 3.05) is 42.6 Å². The molecule has 0 bridgehead atoms. The summed E-state index contributed by atoms with van der Waals surface area (Å²) < 4.78 is 26.2. The highest BCUT2D eigenvalue weighted by molar-refractivity contribution is 9.10. The molecular formula is C25H31BrN4O4S. The van der Waals surface area contributed by atoms with Crippen LogP contribution in [0.1, 0.15) is 41.6 Å². The van der Waals surface area contributed by atoms with E-state index in [9.17, 15) is 18.0 Å². The van der Waals surface area contributed by atoms with Crippen LogP contribution in [0.4, 0.5) is 11.4 Å². The first-order chi connectivity index (χ1) is 16.8. The van der Waals surface area contributed by atoms with Gasteiger partial charge in [-0.2, -0.15) is 0 Å². The molecule has 0 aromatic heterocycles. The number of fused-ring (bicyclic) bond motifs is 1. The molecule has 1 atom stereocenters. The highest BCUT2D eigenvalue weighted by Crippen LogP contribution is 2.28. The number of rotatable bonds is 8. The average Bonchev–Trinajstić information content (AvgIpc) is 3.07. The Morgan fingerprint density at radius 1 is 1.06 bits per heavy atom. The number of carbonyl (C=O) groups is 2. The molecule has 0 radical (unpaired) electrons. The van der Waals surface area contributed by atoms with Crippen molar-refractivity contribution in [1.29, 1.82) is 0 Å². The molecule has 1 fully saturated rings. The van der Waals surface area contributed by atoms with E-state index in [-0.39, 0.29) is 17.4 Å². The lowest BCUT2D eigenvalue weighted by Gasteiger charge is -2.27. The summed E-state index contributed by atoms with van der Waals surface area (Å²) in [5, 5.41) is 8.73. The Bertz CT molecular complexity index is 1180. The lowest BCUT2D eigenvalue weighted by molar-refractivity contribution is -0.116. The minimum atomic E-state index is -3.54. The molecule has 0 aliphatic carbocycles. The number of hydrogen-bond donors (Lipinski definition) is 3. The zero-order valence-electron chi connectivity index (χ0n) is 19.6. The van der Waals surface area contributed by atoms with E-state index in [2.05, 4.69) is 36.8 Å². The van der Waals surface area contributed by atoms with Gasteiger partial charge in [-0.05, 0) is 61.8 Å². The molecule has 0 spiro atoms. The first-order valence-corrected chi connectivity index (χ1v) is 14.6. The third-order valence-electron chi connectivity index (χ3n) is 6.29. The van der Waals surface area contributed by atoms with Gasteiger partial charge >= 0.3 is 0 Å². The van der Waals surface area contributed by atoms with Crippen LogP contribution in [-0.4, -0.2) is 63.1 Å². The van der Waals surface area contributed by atoms with E-state index in [4.69, 9.17) is 0 Å². The number of hydrogen-bond acceptors (Lipinski definition) is 6. The van der Waals surface area contributed by atoms with Gasteiger partial charge in [0.05, 0.1) is 22.9 Å². The van der Waals surface area contributed by atoms with Crippen molar-refractivity contribution in [3.05, 3.63) is 58.1 Å². The summed E-state index contributed by atoms with van der Waals surface area (Å²) in [5.41, 5.74) is 2.16. The Labute approximate surface area is 214 Å². The van der Waals surface area contributed by atoms with Gasteiger partial charge in [0.1, 0.15) is 6.04 Å². The second-order valence-corrected chi connectivity index (χ2v) is 12.2. The minimum absolute atomic E-state index is 0.151. The number of sulfone groups is 1. The molecule has 35 heavy (non-hydrogen) atoms. The number of nitrogens with zero attached hydrogens (tertiary/aromatic N) is 1. The van der Waals surface area contributed by atoms with Crippen LogP contribution in [0.5, 0.6) is 0 Å². The Morgan fingerprint density at radius 3 is 2.57 bits per heavy atom. The maximum atomic E-state index is 12.7. The zero-order valence-corrected chi connectivity index (χ0v) is 22.0. The van der Waals surface area contributed by atoms with Crippen molar-refractivity contribution >= 4 is 49.0 Å². The third kappa shape index (κ3) is 7.28. The first kappa shape index (κ1) is 25.7. The summed E-state index contributed by atoms with van der Waals surface area (Å²) in [6, 6.07) is 11.2. The summed E-state index contributed by atoms with van der Waals surface area (Å²) in [6.07, 6.45) is 4.96. The van der Waals surface area contributed by atoms with Crippen molar-refractivity contribution in [3.8, 4) is 0 Å². The van der Waals surface area contributed by atoms with Crippen molar-refractivity contribution in [3.63, 3.8) is 0 Å². The van der Waals surface area contributed by atoms with Gasteiger partial charge in [0.25, 0.3) is 5.91 Å².